The van der Waals surface area contributed by atoms with Gasteiger partial charge < -0.3 is 15.1 Å². The van der Waals surface area contributed by atoms with Gasteiger partial charge in [0.05, 0.1) is 5.71 Å². The molecule has 0 atom stereocenters. The van der Waals surface area contributed by atoms with Crippen LogP contribution in [-0.2, 0) is 4.84 Å². The predicted molar refractivity (Wildman–Crippen MR) is 62.8 cm³/mol. The molecule has 0 bridgehead atoms. The van der Waals surface area contributed by atoms with Crippen LogP contribution in [-0.4, -0.2) is 22.5 Å². The molecule has 88 valence electrons. The van der Waals surface area contributed by atoms with Crippen molar-refractivity contribution in [1.82, 2.24) is 0 Å². The van der Waals surface area contributed by atoms with Crippen molar-refractivity contribution in [3.05, 3.63) is 23.8 Å². The minimum absolute atomic E-state index is 0.136. The fraction of sp³-hybridized carbons (Fsp3) is 0.417. The van der Waals surface area contributed by atoms with Crippen molar-refractivity contribution in [3.63, 3.8) is 0 Å². The van der Waals surface area contributed by atoms with Crippen LogP contribution in [0.3, 0.4) is 0 Å². The molecular formula is C12H17NO3. The molecule has 0 heterocycles. The lowest BCUT2D eigenvalue weighted by Gasteiger charge is -2.03. The molecule has 4 nitrogen and oxygen atoms in total. The van der Waals surface area contributed by atoms with Crippen LogP contribution in [0.15, 0.2) is 23.4 Å². The van der Waals surface area contributed by atoms with Gasteiger partial charge in [-0.15, -0.1) is 0 Å². The van der Waals surface area contributed by atoms with Crippen LogP contribution in [0.5, 0.6) is 11.5 Å². The van der Waals surface area contributed by atoms with Gasteiger partial charge in [0.15, 0.2) is 11.5 Å². The molecule has 0 fully saturated rings. The zero-order valence-corrected chi connectivity index (χ0v) is 9.60. The highest BCUT2D eigenvalue weighted by molar-refractivity contribution is 5.98. The number of oxime groups is 1. The van der Waals surface area contributed by atoms with Gasteiger partial charge in [-0.05, 0) is 31.5 Å². The minimum Gasteiger partial charge on any atom is -0.504 e. The molecule has 2 N–H and O–H groups in total. The molecule has 0 unspecified atom stereocenters. The van der Waals surface area contributed by atoms with Gasteiger partial charge in [0.2, 0.25) is 0 Å². The second-order valence-electron chi connectivity index (χ2n) is 3.57. The van der Waals surface area contributed by atoms with Crippen molar-refractivity contribution in [2.24, 2.45) is 5.16 Å². The molecule has 0 saturated carbocycles. The lowest BCUT2D eigenvalue weighted by molar-refractivity contribution is 0.141. The third-order valence-electron chi connectivity index (χ3n) is 2.18. The highest BCUT2D eigenvalue weighted by Crippen LogP contribution is 2.25. The SMILES string of the molecule is CCCCON=C(C)c1ccc(O)c(O)c1. The monoisotopic (exact) mass is 223 g/mol. The van der Waals surface area contributed by atoms with Gasteiger partial charge >= 0.3 is 0 Å². The second-order valence-corrected chi connectivity index (χ2v) is 3.57. The van der Waals surface area contributed by atoms with Crippen molar-refractivity contribution in [1.29, 1.82) is 0 Å². The van der Waals surface area contributed by atoms with Crippen LogP contribution in [0, 0.1) is 0 Å². The average Bonchev–Trinajstić information content (AvgIpc) is 2.28. The summed E-state index contributed by atoms with van der Waals surface area (Å²) in [4.78, 5) is 5.10. The molecule has 0 aliphatic rings. The van der Waals surface area contributed by atoms with E-state index in [1.807, 2.05) is 0 Å². The van der Waals surface area contributed by atoms with E-state index in [1.165, 1.54) is 12.1 Å². The topological polar surface area (TPSA) is 62.0 Å². The number of phenols is 2. The first-order valence-corrected chi connectivity index (χ1v) is 5.34. The number of unbranched alkanes of at least 4 members (excludes halogenated alkanes) is 1. The fourth-order valence-electron chi connectivity index (χ4n) is 1.15. The van der Waals surface area contributed by atoms with Crippen molar-refractivity contribution in [3.8, 4) is 11.5 Å². The first-order chi connectivity index (χ1) is 7.65. The van der Waals surface area contributed by atoms with Gasteiger partial charge in [-0.2, -0.15) is 0 Å². The Morgan fingerprint density at radius 1 is 1.31 bits per heavy atom. The number of phenolic OH excluding ortho intramolecular Hbond substituents is 2. The number of benzene rings is 1. The molecule has 0 saturated heterocycles. The molecule has 0 spiro atoms. The molecule has 0 radical (unpaired) electrons. The highest BCUT2D eigenvalue weighted by atomic mass is 16.6. The molecule has 1 rings (SSSR count). The van der Waals surface area contributed by atoms with Gasteiger partial charge in [0.25, 0.3) is 0 Å². The summed E-state index contributed by atoms with van der Waals surface area (Å²) in [5.41, 5.74) is 1.40. The number of rotatable bonds is 5. The molecule has 4 heteroatoms. The number of hydrogen-bond acceptors (Lipinski definition) is 4. The van der Waals surface area contributed by atoms with E-state index < -0.39 is 0 Å². The predicted octanol–water partition coefficient (Wildman–Crippen LogP) is 2.64. The summed E-state index contributed by atoms with van der Waals surface area (Å²) in [7, 11) is 0. The number of aromatic hydroxyl groups is 2. The van der Waals surface area contributed by atoms with Crippen molar-refractivity contribution in [2.75, 3.05) is 6.61 Å². The first kappa shape index (κ1) is 12.4. The Morgan fingerprint density at radius 2 is 2.06 bits per heavy atom. The van der Waals surface area contributed by atoms with E-state index in [1.54, 1.807) is 13.0 Å². The quantitative estimate of drug-likeness (QED) is 0.349. The van der Waals surface area contributed by atoms with Gasteiger partial charge in [-0.25, -0.2) is 0 Å². The van der Waals surface area contributed by atoms with Crippen molar-refractivity contribution in [2.45, 2.75) is 26.7 Å². The normalized spacial score (nSPS) is 11.5. The van der Waals surface area contributed by atoms with Crippen LogP contribution in [0.4, 0.5) is 0 Å². The van der Waals surface area contributed by atoms with Crippen LogP contribution in [0.2, 0.25) is 0 Å². The van der Waals surface area contributed by atoms with Crippen molar-refractivity contribution < 1.29 is 15.1 Å². The molecule has 0 aromatic heterocycles. The number of hydrogen-bond donors (Lipinski definition) is 2. The molecule has 16 heavy (non-hydrogen) atoms. The Bertz CT molecular complexity index is 375. The van der Waals surface area contributed by atoms with E-state index in [0.29, 0.717) is 12.3 Å². The van der Waals surface area contributed by atoms with Crippen LogP contribution in [0.1, 0.15) is 32.3 Å². The molecule has 0 aliphatic carbocycles. The van der Waals surface area contributed by atoms with E-state index in [2.05, 4.69) is 12.1 Å². The van der Waals surface area contributed by atoms with Gasteiger partial charge in [0, 0.05) is 5.56 Å². The lowest BCUT2D eigenvalue weighted by atomic mass is 10.1. The standard InChI is InChI=1S/C12H17NO3/c1-3-4-7-16-13-9(2)10-5-6-11(14)12(15)8-10/h5-6,8,14-15H,3-4,7H2,1-2H3. The molecular weight excluding hydrogens is 206 g/mol. The zero-order valence-electron chi connectivity index (χ0n) is 9.60. The van der Waals surface area contributed by atoms with Gasteiger partial charge in [-0.1, -0.05) is 18.5 Å². The average molecular weight is 223 g/mol. The maximum absolute atomic E-state index is 9.31. The Morgan fingerprint density at radius 3 is 2.69 bits per heavy atom. The fourth-order valence-corrected chi connectivity index (χ4v) is 1.15. The van der Waals surface area contributed by atoms with Crippen LogP contribution in [0.25, 0.3) is 0 Å². The lowest BCUT2D eigenvalue weighted by Crippen LogP contribution is -1.97. The van der Waals surface area contributed by atoms with Crippen LogP contribution >= 0.6 is 0 Å². The summed E-state index contributed by atoms with van der Waals surface area (Å²) >= 11 is 0. The third kappa shape index (κ3) is 3.46. The minimum atomic E-state index is -0.152. The van der Waals surface area contributed by atoms with Gasteiger partial charge in [-0.3, -0.25) is 0 Å². The van der Waals surface area contributed by atoms with E-state index in [-0.39, 0.29) is 11.5 Å². The summed E-state index contributed by atoms with van der Waals surface area (Å²) in [5.74, 6) is -0.288. The van der Waals surface area contributed by atoms with E-state index in [0.717, 1.165) is 18.4 Å². The summed E-state index contributed by atoms with van der Waals surface area (Å²) < 4.78 is 0. The largest absolute Gasteiger partial charge is 0.504 e. The van der Waals surface area contributed by atoms with Crippen molar-refractivity contribution >= 4 is 5.71 Å². The summed E-state index contributed by atoms with van der Waals surface area (Å²) in [6.07, 6.45) is 2.03. The number of nitrogens with zero attached hydrogens (tertiary/aromatic N) is 1. The molecule has 0 aliphatic heterocycles. The van der Waals surface area contributed by atoms with Crippen LogP contribution < -0.4 is 0 Å². The maximum Gasteiger partial charge on any atom is 0.158 e. The Hall–Kier alpha value is -1.71. The summed E-state index contributed by atoms with van der Waals surface area (Å²) in [5, 5.41) is 22.4. The highest BCUT2D eigenvalue weighted by Gasteiger charge is 2.03. The van der Waals surface area contributed by atoms with E-state index in [9.17, 15) is 5.11 Å². The molecule has 0 amide bonds. The summed E-state index contributed by atoms with van der Waals surface area (Å²) in [6, 6.07) is 4.56. The smallest absolute Gasteiger partial charge is 0.158 e. The van der Waals surface area contributed by atoms with Gasteiger partial charge in [0.1, 0.15) is 6.61 Å². The van der Waals surface area contributed by atoms with E-state index >= 15 is 0 Å². The molecule has 1 aromatic rings. The Labute approximate surface area is 95.2 Å². The summed E-state index contributed by atoms with van der Waals surface area (Å²) in [6.45, 7) is 4.47. The Balaban J connectivity index is 2.64. The third-order valence-corrected chi connectivity index (χ3v) is 2.18. The second kappa shape index (κ2) is 6.00. The molecule has 1 aromatic carbocycles. The first-order valence-electron chi connectivity index (χ1n) is 5.34. The zero-order chi connectivity index (χ0) is 12.0. The van der Waals surface area contributed by atoms with E-state index in [4.69, 9.17) is 9.94 Å². The Kier molecular flexibility index (Phi) is 4.64. The maximum atomic E-state index is 9.31.